The van der Waals surface area contributed by atoms with E-state index in [-0.39, 0.29) is 18.9 Å². The van der Waals surface area contributed by atoms with E-state index < -0.39 is 0 Å². The number of methoxy groups -OCH3 is 1. The first-order valence-corrected chi connectivity index (χ1v) is 13.0. The number of amides is 2. The van der Waals surface area contributed by atoms with Gasteiger partial charge in [0.2, 0.25) is 6.79 Å². The Hall–Kier alpha value is -5.18. The van der Waals surface area contributed by atoms with Gasteiger partial charge >= 0.3 is 6.03 Å². The first-order chi connectivity index (χ1) is 19.6. The number of carbonyl (C=O) groups is 1. The molecule has 0 aliphatic carbocycles. The topological polar surface area (TPSA) is 82.8 Å². The van der Waals surface area contributed by atoms with Crippen molar-refractivity contribution in [3.05, 3.63) is 114 Å². The molecular formula is C31H27N5O4. The summed E-state index contributed by atoms with van der Waals surface area (Å²) in [7, 11) is 1.64. The Morgan fingerprint density at radius 1 is 0.975 bits per heavy atom. The van der Waals surface area contributed by atoms with Crippen LogP contribution in [0.2, 0.25) is 0 Å². The van der Waals surface area contributed by atoms with Crippen molar-refractivity contribution in [1.29, 1.82) is 0 Å². The summed E-state index contributed by atoms with van der Waals surface area (Å²) in [5.74, 6) is 2.94. The summed E-state index contributed by atoms with van der Waals surface area (Å²) >= 11 is 0. The lowest BCUT2D eigenvalue weighted by Crippen LogP contribution is -2.38. The number of fused-ring (bicyclic) bond motifs is 4. The normalized spacial score (nSPS) is 15.2. The van der Waals surface area contributed by atoms with E-state index in [1.54, 1.807) is 19.2 Å². The maximum absolute atomic E-state index is 14.1. The lowest BCUT2D eigenvalue weighted by Gasteiger charge is -2.31. The number of urea groups is 1. The number of aromatic nitrogens is 3. The van der Waals surface area contributed by atoms with Crippen LogP contribution < -0.4 is 19.5 Å². The fourth-order valence-corrected chi connectivity index (χ4v) is 5.46. The molecule has 40 heavy (non-hydrogen) atoms. The van der Waals surface area contributed by atoms with Crippen molar-refractivity contribution in [2.75, 3.05) is 19.2 Å². The summed E-state index contributed by atoms with van der Waals surface area (Å²) in [5.41, 5.74) is 5.31. The molecule has 3 aromatic carbocycles. The van der Waals surface area contributed by atoms with Crippen molar-refractivity contribution < 1.29 is 19.0 Å². The lowest BCUT2D eigenvalue weighted by molar-refractivity contribution is 0.174. The first-order valence-electron chi connectivity index (χ1n) is 13.0. The van der Waals surface area contributed by atoms with Crippen LogP contribution in [0, 0.1) is 6.92 Å². The Labute approximate surface area is 231 Å². The van der Waals surface area contributed by atoms with Crippen LogP contribution in [0.15, 0.2) is 91.1 Å². The Bertz CT molecular complexity index is 1710. The summed E-state index contributed by atoms with van der Waals surface area (Å²) in [6.07, 6.45) is 2.03. The summed E-state index contributed by atoms with van der Waals surface area (Å²) in [5, 5.41) is 8.00. The minimum absolute atomic E-state index is 0.169. The number of hydrogen-bond acceptors (Lipinski definition) is 5. The molecule has 0 bridgehead atoms. The van der Waals surface area contributed by atoms with E-state index in [9.17, 15) is 4.79 Å². The van der Waals surface area contributed by atoms with Gasteiger partial charge in [-0.2, -0.15) is 5.10 Å². The molecule has 2 amide bonds. The average Bonchev–Trinajstić information content (AvgIpc) is 3.70. The molecular weight excluding hydrogens is 506 g/mol. The SMILES string of the molecule is COc1ccc([C@@H]2c3cccn3-c3c(c(C)nn3-c3ccccc3)CN2C(=O)Nc2ccc3c(c2)OCO3)cc1. The van der Waals surface area contributed by atoms with Gasteiger partial charge in [0.05, 0.1) is 36.8 Å². The highest BCUT2D eigenvalue weighted by molar-refractivity contribution is 5.90. The van der Waals surface area contributed by atoms with Crippen molar-refractivity contribution in [2.45, 2.75) is 19.5 Å². The molecule has 5 aromatic rings. The van der Waals surface area contributed by atoms with Gasteiger partial charge < -0.3 is 29.0 Å². The monoisotopic (exact) mass is 533 g/mol. The zero-order valence-corrected chi connectivity index (χ0v) is 22.1. The third-order valence-corrected chi connectivity index (χ3v) is 7.40. The zero-order chi connectivity index (χ0) is 27.2. The predicted molar refractivity (Wildman–Crippen MR) is 150 cm³/mol. The fourth-order valence-electron chi connectivity index (χ4n) is 5.46. The van der Waals surface area contributed by atoms with Crippen molar-refractivity contribution in [2.24, 2.45) is 0 Å². The number of benzene rings is 3. The van der Waals surface area contributed by atoms with E-state index in [0.717, 1.165) is 39.8 Å². The molecule has 0 unspecified atom stereocenters. The highest BCUT2D eigenvalue weighted by atomic mass is 16.7. The third-order valence-electron chi connectivity index (χ3n) is 7.40. The number of ether oxygens (including phenoxy) is 3. The van der Waals surface area contributed by atoms with Crippen LogP contribution in [-0.4, -0.2) is 39.2 Å². The maximum Gasteiger partial charge on any atom is 0.322 e. The predicted octanol–water partition coefficient (Wildman–Crippen LogP) is 5.85. The summed E-state index contributed by atoms with van der Waals surface area (Å²) in [6, 6.07) is 26.8. The Balaban J connectivity index is 1.37. The van der Waals surface area contributed by atoms with Crippen LogP contribution in [0.1, 0.15) is 28.6 Å². The molecule has 0 saturated carbocycles. The second-order valence-corrected chi connectivity index (χ2v) is 9.74. The number of hydrogen-bond donors (Lipinski definition) is 1. The van der Waals surface area contributed by atoms with E-state index in [2.05, 4.69) is 16.0 Å². The lowest BCUT2D eigenvalue weighted by atomic mass is 10.0. The molecule has 2 aliphatic rings. The van der Waals surface area contributed by atoms with E-state index in [4.69, 9.17) is 19.3 Å². The van der Waals surface area contributed by atoms with Crippen LogP contribution in [0.25, 0.3) is 11.5 Å². The molecule has 9 nitrogen and oxygen atoms in total. The van der Waals surface area contributed by atoms with Crippen molar-refractivity contribution in [3.63, 3.8) is 0 Å². The molecule has 1 N–H and O–H groups in total. The van der Waals surface area contributed by atoms with E-state index in [1.807, 2.05) is 89.4 Å². The second kappa shape index (κ2) is 9.53. The van der Waals surface area contributed by atoms with Crippen molar-refractivity contribution in [1.82, 2.24) is 19.2 Å². The van der Waals surface area contributed by atoms with E-state index >= 15 is 0 Å². The molecule has 0 radical (unpaired) electrons. The third kappa shape index (κ3) is 3.94. The number of carbonyl (C=O) groups excluding carboxylic acids is 1. The number of nitrogens with one attached hydrogen (secondary N) is 1. The second-order valence-electron chi connectivity index (χ2n) is 9.74. The number of aryl methyl sites for hydroxylation is 1. The van der Waals surface area contributed by atoms with Crippen LogP contribution >= 0.6 is 0 Å². The van der Waals surface area contributed by atoms with Gasteiger partial charge in [-0.3, -0.25) is 0 Å². The van der Waals surface area contributed by atoms with Gasteiger partial charge in [0.25, 0.3) is 0 Å². The fraction of sp³-hybridized carbons (Fsp3) is 0.161. The van der Waals surface area contributed by atoms with Gasteiger partial charge in [-0.05, 0) is 61.0 Å². The Morgan fingerprint density at radius 3 is 2.58 bits per heavy atom. The van der Waals surface area contributed by atoms with E-state index in [0.29, 0.717) is 23.7 Å². The minimum atomic E-state index is -0.383. The van der Waals surface area contributed by atoms with Crippen LogP contribution in [0.4, 0.5) is 10.5 Å². The van der Waals surface area contributed by atoms with E-state index in [1.165, 1.54) is 0 Å². The molecule has 0 fully saturated rings. The van der Waals surface area contributed by atoms with Gasteiger partial charge in [0.1, 0.15) is 11.6 Å². The quantitative estimate of drug-likeness (QED) is 0.314. The zero-order valence-electron chi connectivity index (χ0n) is 22.1. The summed E-state index contributed by atoms with van der Waals surface area (Å²) in [4.78, 5) is 16.0. The average molecular weight is 534 g/mol. The first kappa shape index (κ1) is 23.9. The van der Waals surface area contributed by atoms with Gasteiger partial charge in [-0.15, -0.1) is 0 Å². The molecule has 0 spiro atoms. The number of rotatable bonds is 4. The number of anilines is 1. The van der Waals surface area contributed by atoms with Crippen molar-refractivity contribution >= 4 is 11.7 Å². The summed E-state index contributed by atoms with van der Waals surface area (Å²) < 4.78 is 20.5. The number of para-hydroxylation sites is 1. The largest absolute Gasteiger partial charge is 0.497 e. The Kier molecular flexibility index (Phi) is 5.70. The van der Waals surface area contributed by atoms with Gasteiger partial charge in [0.15, 0.2) is 11.5 Å². The minimum Gasteiger partial charge on any atom is -0.497 e. The molecule has 1 atom stereocenters. The van der Waals surface area contributed by atoms with Crippen LogP contribution in [-0.2, 0) is 6.54 Å². The van der Waals surface area contributed by atoms with Gasteiger partial charge in [-0.1, -0.05) is 30.3 Å². The maximum atomic E-state index is 14.1. The standard InChI is InChI=1S/C31H27N5O4/c1-20-25-18-35(31(37)32-22-12-15-27-28(17-22)40-19-39-27)29(21-10-13-24(38-2)14-11-21)26-9-6-16-34(26)30(25)36(33-20)23-7-4-3-5-8-23/h3-17,29H,18-19H2,1-2H3,(H,32,37)/t29-/m1/s1. The van der Waals surface area contributed by atoms with Crippen molar-refractivity contribution in [3.8, 4) is 28.8 Å². The summed E-state index contributed by atoms with van der Waals surface area (Å²) in [6.45, 7) is 2.51. The van der Waals surface area contributed by atoms with Crippen LogP contribution in [0.5, 0.6) is 17.2 Å². The molecule has 2 aromatic heterocycles. The molecule has 2 aliphatic heterocycles. The molecule has 200 valence electrons. The highest BCUT2D eigenvalue weighted by Gasteiger charge is 2.36. The Morgan fingerprint density at radius 2 is 1.77 bits per heavy atom. The molecule has 4 heterocycles. The molecule has 7 rings (SSSR count). The highest BCUT2D eigenvalue weighted by Crippen LogP contribution is 2.40. The van der Waals surface area contributed by atoms with Crippen LogP contribution in [0.3, 0.4) is 0 Å². The van der Waals surface area contributed by atoms with Gasteiger partial charge in [0, 0.05) is 23.5 Å². The molecule has 0 saturated heterocycles. The smallest absolute Gasteiger partial charge is 0.322 e. The number of nitrogens with zero attached hydrogens (tertiary/aromatic N) is 4. The molecule has 9 heteroatoms. The van der Waals surface area contributed by atoms with Gasteiger partial charge in [-0.25, -0.2) is 9.48 Å².